The van der Waals surface area contributed by atoms with E-state index >= 15 is 0 Å². The van der Waals surface area contributed by atoms with E-state index in [0.717, 1.165) is 25.0 Å². The molecule has 4 rings (SSSR count). The summed E-state index contributed by atoms with van der Waals surface area (Å²) in [6.45, 7) is 6.39. The Morgan fingerprint density at radius 2 is 1.37 bits per heavy atom. The summed E-state index contributed by atoms with van der Waals surface area (Å²) in [5.74, 6) is 1.46. The van der Waals surface area contributed by atoms with E-state index in [4.69, 9.17) is 14.2 Å². The minimum Gasteiger partial charge on any atom is -0.381 e. The van der Waals surface area contributed by atoms with E-state index in [0.29, 0.717) is 12.2 Å². The largest absolute Gasteiger partial charge is 0.381 e. The van der Waals surface area contributed by atoms with Crippen molar-refractivity contribution in [2.24, 2.45) is 11.8 Å². The fourth-order valence-electron chi connectivity index (χ4n) is 4.14. The predicted molar refractivity (Wildman–Crippen MR) is 72.1 cm³/mol. The van der Waals surface area contributed by atoms with Crippen LogP contribution in [0.3, 0.4) is 0 Å². The van der Waals surface area contributed by atoms with Gasteiger partial charge in [0.2, 0.25) is 0 Å². The summed E-state index contributed by atoms with van der Waals surface area (Å²) in [5.41, 5.74) is 0.487. The lowest BCUT2D eigenvalue weighted by atomic mass is 9.83. The van der Waals surface area contributed by atoms with E-state index in [1.54, 1.807) is 0 Å². The minimum absolute atomic E-state index is 0.244. The third kappa shape index (κ3) is 2.34. The van der Waals surface area contributed by atoms with Gasteiger partial charge in [-0.1, -0.05) is 0 Å². The van der Waals surface area contributed by atoms with Gasteiger partial charge < -0.3 is 14.2 Å². The maximum absolute atomic E-state index is 6.00. The fourth-order valence-corrected chi connectivity index (χ4v) is 4.14. The zero-order valence-corrected chi connectivity index (χ0v) is 12.2. The first-order valence-electron chi connectivity index (χ1n) is 8.01. The summed E-state index contributed by atoms with van der Waals surface area (Å²) < 4.78 is 17.5. The third-order valence-corrected chi connectivity index (χ3v) is 5.97. The number of rotatable bonds is 4. The van der Waals surface area contributed by atoms with Gasteiger partial charge in [-0.05, 0) is 64.2 Å². The van der Waals surface area contributed by atoms with E-state index in [9.17, 15) is 0 Å². The molecule has 0 radical (unpaired) electrons. The predicted octanol–water partition coefficient (Wildman–Crippen LogP) is 2.92. The quantitative estimate of drug-likeness (QED) is 0.734. The van der Waals surface area contributed by atoms with Crippen molar-refractivity contribution in [2.45, 2.75) is 75.8 Å². The Morgan fingerprint density at radius 3 is 1.79 bits per heavy atom. The number of fused-ring (bicyclic) bond motifs is 2. The molecule has 0 aromatic heterocycles. The zero-order valence-electron chi connectivity index (χ0n) is 12.2. The maximum Gasteiger partial charge on any atom is 0.0920 e. The van der Waals surface area contributed by atoms with Crippen molar-refractivity contribution in [3.8, 4) is 0 Å². The molecule has 3 heteroatoms. The molecule has 0 amide bonds. The fraction of sp³-hybridized carbons (Fsp3) is 1.00. The Kier molecular flexibility index (Phi) is 2.78. The molecule has 0 spiro atoms. The number of hydrogen-bond acceptors (Lipinski definition) is 3. The second kappa shape index (κ2) is 4.19. The van der Waals surface area contributed by atoms with Gasteiger partial charge in [0.25, 0.3) is 0 Å². The van der Waals surface area contributed by atoms with Crippen LogP contribution in [0, 0.1) is 11.8 Å². The second-order valence-corrected chi connectivity index (χ2v) is 7.66. The number of hydrogen-bond donors (Lipinski definition) is 0. The molecule has 4 fully saturated rings. The van der Waals surface area contributed by atoms with Crippen LogP contribution in [0.1, 0.15) is 52.4 Å². The van der Waals surface area contributed by atoms with E-state index in [-0.39, 0.29) is 11.2 Å². The summed E-state index contributed by atoms with van der Waals surface area (Å²) in [7, 11) is 0. The van der Waals surface area contributed by atoms with E-state index in [2.05, 4.69) is 13.8 Å². The van der Waals surface area contributed by atoms with Crippen LogP contribution in [-0.2, 0) is 14.2 Å². The molecule has 0 bridgehead atoms. The van der Waals surface area contributed by atoms with Crippen molar-refractivity contribution in [3.05, 3.63) is 0 Å². The van der Waals surface area contributed by atoms with Crippen molar-refractivity contribution in [3.63, 3.8) is 0 Å². The van der Waals surface area contributed by atoms with E-state index in [1.807, 2.05) is 0 Å². The van der Waals surface area contributed by atoms with Crippen LogP contribution >= 0.6 is 0 Å². The number of epoxide rings is 2. The van der Waals surface area contributed by atoms with Crippen molar-refractivity contribution < 1.29 is 14.2 Å². The molecule has 2 aliphatic heterocycles. The van der Waals surface area contributed by atoms with Gasteiger partial charge in [-0.15, -0.1) is 0 Å². The topological polar surface area (TPSA) is 34.3 Å². The highest BCUT2D eigenvalue weighted by molar-refractivity contribution is 5.04. The van der Waals surface area contributed by atoms with E-state index in [1.165, 1.54) is 38.5 Å². The van der Waals surface area contributed by atoms with Crippen LogP contribution in [0.25, 0.3) is 0 Å². The molecule has 0 aromatic rings. The molecule has 4 aliphatic rings. The minimum atomic E-state index is 0.244. The molecule has 6 unspecified atom stereocenters. The summed E-state index contributed by atoms with van der Waals surface area (Å²) in [6.07, 6.45) is 8.50. The van der Waals surface area contributed by atoms with Crippen LogP contribution in [-0.4, -0.2) is 36.6 Å². The van der Waals surface area contributed by atoms with Crippen molar-refractivity contribution in [1.29, 1.82) is 0 Å². The van der Waals surface area contributed by atoms with Gasteiger partial charge in [0, 0.05) is 13.2 Å². The Morgan fingerprint density at radius 1 is 0.895 bits per heavy atom. The Bertz CT molecular complexity index is 337. The van der Waals surface area contributed by atoms with Gasteiger partial charge in [-0.2, -0.15) is 0 Å². The lowest BCUT2D eigenvalue weighted by molar-refractivity contribution is 0.0520. The van der Waals surface area contributed by atoms with Crippen molar-refractivity contribution in [2.75, 3.05) is 13.2 Å². The summed E-state index contributed by atoms with van der Waals surface area (Å²) in [4.78, 5) is 0. The van der Waals surface area contributed by atoms with Crippen LogP contribution in [0.5, 0.6) is 0 Å². The van der Waals surface area contributed by atoms with Crippen LogP contribution in [0.2, 0.25) is 0 Å². The molecule has 19 heavy (non-hydrogen) atoms. The molecule has 0 aromatic carbocycles. The maximum atomic E-state index is 6.00. The first-order chi connectivity index (χ1) is 9.07. The summed E-state index contributed by atoms with van der Waals surface area (Å²) in [5, 5.41) is 0. The first-order valence-corrected chi connectivity index (χ1v) is 8.01. The lowest BCUT2D eigenvalue weighted by Crippen LogP contribution is -2.27. The zero-order chi connectivity index (χ0) is 13.1. The van der Waals surface area contributed by atoms with Gasteiger partial charge in [0.05, 0.1) is 23.4 Å². The monoisotopic (exact) mass is 266 g/mol. The molecule has 2 heterocycles. The normalized spacial score (nSPS) is 55.3. The smallest absolute Gasteiger partial charge is 0.0920 e. The van der Waals surface area contributed by atoms with Crippen molar-refractivity contribution >= 4 is 0 Å². The standard InChI is InChI=1S/C16H26O3/c1-15-5-3-11(7-13(15)18-15)9-17-10-12-4-6-16(2)14(8-12)19-16/h11-14H,3-10H2,1-2H3. The van der Waals surface area contributed by atoms with Crippen molar-refractivity contribution in [1.82, 2.24) is 0 Å². The van der Waals surface area contributed by atoms with Gasteiger partial charge in [0.1, 0.15) is 0 Å². The highest BCUT2D eigenvalue weighted by atomic mass is 16.6. The number of ether oxygens (including phenoxy) is 3. The molecule has 3 nitrogen and oxygen atoms in total. The molecule has 108 valence electrons. The summed E-state index contributed by atoms with van der Waals surface area (Å²) >= 11 is 0. The molecule has 2 saturated heterocycles. The van der Waals surface area contributed by atoms with Gasteiger partial charge in [-0.3, -0.25) is 0 Å². The molecular formula is C16H26O3. The van der Waals surface area contributed by atoms with Gasteiger partial charge in [-0.25, -0.2) is 0 Å². The van der Waals surface area contributed by atoms with E-state index < -0.39 is 0 Å². The highest BCUT2D eigenvalue weighted by Crippen LogP contribution is 2.50. The molecule has 2 saturated carbocycles. The Labute approximate surface area is 116 Å². The SMILES string of the molecule is CC12CCC(COCC3CCC4(C)OC4C3)CC1O2. The van der Waals surface area contributed by atoms with Gasteiger partial charge >= 0.3 is 0 Å². The Balaban J connectivity index is 1.16. The van der Waals surface area contributed by atoms with Gasteiger partial charge in [0.15, 0.2) is 0 Å². The van der Waals surface area contributed by atoms with Crippen LogP contribution in [0.4, 0.5) is 0 Å². The van der Waals surface area contributed by atoms with Crippen LogP contribution < -0.4 is 0 Å². The highest BCUT2D eigenvalue weighted by Gasteiger charge is 2.56. The Hall–Kier alpha value is -0.120. The molecule has 0 N–H and O–H groups in total. The van der Waals surface area contributed by atoms with Crippen LogP contribution in [0.15, 0.2) is 0 Å². The average Bonchev–Trinajstić information content (AvgIpc) is 3.22. The first kappa shape index (κ1) is 12.6. The average molecular weight is 266 g/mol. The molecular weight excluding hydrogens is 240 g/mol. The lowest BCUT2D eigenvalue weighted by Gasteiger charge is -2.25. The third-order valence-electron chi connectivity index (χ3n) is 5.97. The second-order valence-electron chi connectivity index (χ2n) is 7.66. The summed E-state index contributed by atoms with van der Waals surface area (Å²) in [6, 6.07) is 0. The molecule has 6 atom stereocenters. The molecule has 2 aliphatic carbocycles.